The largest absolute Gasteiger partial charge is 0.497 e. The van der Waals surface area contributed by atoms with Gasteiger partial charge in [0, 0.05) is 24.6 Å². The van der Waals surface area contributed by atoms with Crippen molar-refractivity contribution in [1.82, 2.24) is 14.9 Å². The van der Waals surface area contributed by atoms with E-state index in [0.717, 1.165) is 30.9 Å². The van der Waals surface area contributed by atoms with Crippen LogP contribution in [0.2, 0.25) is 0 Å². The molecular formula is C16H23N3O. The van der Waals surface area contributed by atoms with Gasteiger partial charge in [-0.25, -0.2) is 4.98 Å². The third-order valence-corrected chi connectivity index (χ3v) is 4.41. The minimum atomic E-state index is 0.126. The fraction of sp³-hybridized carbons (Fsp3) is 0.562. The first kappa shape index (κ1) is 13.4. The van der Waals surface area contributed by atoms with E-state index < -0.39 is 0 Å². The van der Waals surface area contributed by atoms with Crippen LogP contribution in [0.25, 0.3) is 11.0 Å². The molecule has 2 aromatic rings. The first-order valence-corrected chi connectivity index (χ1v) is 7.43. The number of fused-ring (bicyclic) bond motifs is 1. The number of hydrogen-bond acceptors (Lipinski definition) is 3. The van der Waals surface area contributed by atoms with Gasteiger partial charge in [0.15, 0.2) is 0 Å². The standard InChI is InChI=1S/C16H23N3O/c1-4-19-14-7-6-12(20-3)10-13(14)18-15(19)16(2)8-5-9-17-11-16/h6-7,10,17H,4-5,8-9,11H2,1-3H3. The van der Waals surface area contributed by atoms with Gasteiger partial charge in [-0.05, 0) is 38.4 Å². The van der Waals surface area contributed by atoms with Gasteiger partial charge >= 0.3 is 0 Å². The van der Waals surface area contributed by atoms with Gasteiger partial charge in [0.1, 0.15) is 11.6 Å². The minimum absolute atomic E-state index is 0.126. The van der Waals surface area contributed by atoms with Gasteiger partial charge in [-0.1, -0.05) is 6.92 Å². The van der Waals surface area contributed by atoms with Crippen molar-refractivity contribution in [3.05, 3.63) is 24.0 Å². The van der Waals surface area contributed by atoms with Crippen molar-refractivity contribution in [3.63, 3.8) is 0 Å². The molecule has 1 aromatic carbocycles. The number of rotatable bonds is 3. The molecule has 0 bridgehead atoms. The highest BCUT2D eigenvalue weighted by atomic mass is 16.5. The number of nitrogens with zero attached hydrogens (tertiary/aromatic N) is 2. The van der Waals surface area contributed by atoms with Crippen molar-refractivity contribution in [2.24, 2.45) is 0 Å². The lowest BCUT2D eigenvalue weighted by molar-refractivity contribution is 0.315. The molecule has 2 heterocycles. The smallest absolute Gasteiger partial charge is 0.121 e. The maximum atomic E-state index is 5.31. The van der Waals surface area contributed by atoms with Gasteiger partial charge in [-0.3, -0.25) is 0 Å². The molecule has 1 unspecified atom stereocenters. The maximum Gasteiger partial charge on any atom is 0.121 e. The molecule has 0 radical (unpaired) electrons. The summed E-state index contributed by atoms with van der Waals surface area (Å²) in [6.45, 7) is 7.59. The zero-order valence-electron chi connectivity index (χ0n) is 12.6. The van der Waals surface area contributed by atoms with Crippen molar-refractivity contribution in [1.29, 1.82) is 0 Å². The summed E-state index contributed by atoms with van der Waals surface area (Å²) in [4.78, 5) is 4.93. The van der Waals surface area contributed by atoms with E-state index >= 15 is 0 Å². The molecule has 108 valence electrons. The predicted octanol–water partition coefficient (Wildman–Crippen LogP) is 2.71. The second kappa shape index (κ2) is 5.09. The van der Waals surface area contributed by atoms with Crippen LogP contribution in [0.15, 0.2) is 18.2 Å². The summed E-state index contributed by atoms with van der Waals surface area (Å²) in [7, 11) is 1.70. The number of aryl methyl sites for hydroxylation is 1. The zero-order chi connectivity index (χ0) is 14.2. The summed E-state index contributed by atoms with van der Waals surface area (Å²) in [5.41, 5.74) is 2.36. The fourth-order valence-corrected chi connectivity index (χ4v) is 3.26. The monoisotopic (exact) mass is 273 g/mol. The topological polar surface area (TPSA) is 39.1 Å². The van der Waals surface area contributed by atoms with E-state index in [0.29, 0.717) is 0 Å². The third-order valence-electron chi connectivity index (χ3n) is 4.41. The molecule has 1 N–H and O–H groups in total. The van der Waals surface area contributed by atoms with Crippen molar-refractivity contribution >= 4 is 11.0 Å². The summed E-state index contributed by atoms with van der Waals surface area (Å²) in [6, 6.07) is 6.17. The lowest BCUT2D eigenvalue weighted by atomic mass is 9.82. The van der Waals surface area contributed by atoms with Crippen LogP contribution < -0.4 is 10.1 Å². The van der Waals surface area contributed by atoms with E-state index in [1.807, 2.05) is 12.1 Å². The number of hydrogen-bond donors (Lipinski definition) is 1. The molecular weight excluding hydrogens is 250 g/mol. The molecule has 1 aromatic heterocycles. The number of ether oxygens (including phenoxy) is 1. The molecule has 1 atom stereocenters. The molecule has 0 spiro atoms. The van der Waals surface area contributed by atoms with Crippen LogP contribution in [0, 0.1) is 0 Å². The third kappa shape index (κ3) is 2.08. The second-order valence-electron chi connectivity index (χ2n) is 5.88. The van der Waals surface area contributed by atoms with Crippen LogP contribution in [0.3, 0.4) is 0 Å². The maximum absolute atomic E-state index is 5.31. The number of methoxy groups -OCH3 is 1. The first-order chi connectivity index (χ1) is 9.68. The molecule has 0 amide bonds. The van der Waals surface area contributed by atoms with Crippen LogP contribution >= 0.6 is 0 Å². The van der Waals surface area contributed by atoms with Crippen molar-refractivity contribution < 1.29 is 4.74 Å². The second-order valence-corrected chi connectivity index (χ2v) is 5.88. The average molecular weight is 273 g/mol. The van der Waals surface area contributed by atoms with Crippen LogP contribution in [0.4, 0.5) is 0 Å². The number of nitrogens with one attached hydrogen (secondary N) is 1. The lowest BCUT2D eigenvalue weighted by Gasteiger charge is -2.33. The molecule has 3 rings (SSSR count). The van der Waals surface area contributed by atoms with Gasteiger partial charge in [0.2, 0.25) is 0 Å². The molecule has 4 heteroatoms. The predicted molar refractivity (Wildman–Crippen MR) is 81.4 cm³/mol. The first-order valence-electron chi connectivity index (χ1n) is 7.43. The zero-order valence-corrected chi connectivity index (χ0v) is 12.6. The Bertz CT molecular complexity index is 611. The molecule has 0 aliphatic carbocycles. The molecule has 1 saturated heterocycles. The van der Waals surface area contributed by atoms with Crippen molar-refractivity contribution in [2.75, 3.05) is 20.2 Å². The SMILES string of the molecule is CCn1c(C2(C)CCCNC2)nc2cc(OC)ccc21. The van der Waals surface area contributed by atoms with Crippen LogP contribution in [0.5, 0.6) is 5.75 Å². The summed E-state index contributed by atoms with van der Waals surface area (Å²) in [5, 5.41) is 3.51. The van der Waals surface area contributed by atoms with E-state index in [4.69, 9.17) is 9.72 Å². The molecule has 20 heavy (non-hydrogen) atoms. The summed E-state index contributed by atoms with van der Waals surface area (Å²) in [6.07, 6.45) is 2.41. The van der Waals surface area contributed by atoms with Gasteiger partial charge in [0.25, 0.3) is 0 Å². The Kier molecular flexibility index (Phi) is 3.42. The van der Waals surface area contributed by atoms with Crippen LogP contribution in [-0.4, -0.2) is 29.8 Å². The van der Waals surface area contributed by atoms with Gasteiger partial charge in [-0.15, -0.1) is 0 Å². The molecule has 1 fully saturated rings. The van der Waals surface area contributed by atoms with Crippen LogP contribution in [0.1, 0.15) is 32.5 Å². The molecule has 0 saturated carbocycles. The van der Waals surface area contributed by atoms with E-state index in [9.17, 15) is 0 Å². The van der Waals surface area contributed by atoms with Gasteiger partial charge in [0.05, 0.1) is 18.1 Å². The van der Waals surface area contributed by atoms with E-state index in [1.54, 1.807) is 7.11 Å². The summed E-state index contributed by atoms with van der Waals surface area (Å²) >= 11 is 0. The molecule has 1 aliphatic rings. The normalized spacial score (nSPS) is 23.1. The number of imidazole rings is 1. The highest BCUT2D eigenvalue weighted by Crippen LogP contribution is 2.33. The Balaban J connectivity index is 2.14. The van der Waals surface area contributed by atoms with Gasteiger partial charge < -0.3 is 14.6 Å². The van der Waals surface area contributed by atoms with Gasteiger partial charge in [-0.2, -0.15) is 0 Å². The summed E-state index contributed by atoms with van der Waals surface area (Å²) in [5.74, 6) is 2.08. The minimum Gasteiger partial charge on any atom is -0.497 e. The Morgan fingerprint density at radius 2 is 2.30 bits per heavy atom. The van der Waals surface area contributed by atoms with Crippen molar-refractivity contribution in [3.8, 4) is 5.75 Å². The van der Waals surface area contributed by atoms with E-state index in [1.165, 1.54) is 24.2 Å². The highest BCUT2D eigenvalue weighted by Gasteiger charge is 2.33. The Hall–Kier alpha value is -1.55. The number of benzene rings is 1. The van der Waals surface area contributed by atoms with E-state index in [-0.39, 0.29) is 5.41 Å². The Labute approximate surface area is 120 Å². The molecule has 1 aliphatic heterocycles. The van der Waals surface area contributed by atoms with E-state index in [2.05, 4.69) is 29.8 Å². The number of piperidine rings is 1. The highest BCUT2D eigenvalue weighted by molar-refractivity contribution is 5.78. The fourth-order valence-electron chi connectivity index (χ4n) is 3.26. The molecule has 4 nitrogen and oxygen atoms in total. The Morgan fingerprint density at radius 3 is 2.95 bits per heavy atom. The van der Waals surface area contributed by atoms with Crippen molar-refractivity contribution in [2.45, 2.75) is 38.6 Å². The lowest BCUT2D eigenvalue weighted by Crippen LogP contribution is -2.42. The van der Waals surface area contributed by atoms with Crippen LogP contribution in [-0.2, 0) is 12.0 Å². The Morgan fingerprint density at radius 1 is 1.45 bits per heavy atom. The summed E-state index contributed by atoms with van der Waals surface area (Å²) < 4.78 is 7.66. The number of aromatic nitrogens is 2. The quantitative estimate of drug-likeness (QED) is 0.934. The average Bonchev–Trinajstić information content (AvgIpc) is 2.86.